The van der Waals surface area contributed by atoms with Crippen LogP contribution in [0.5, 0.6) is 0 Å². The maximum absolute atomic E-state index is 13.2. The zero-order valence-corrected chi connectivity index (χ0v) is 10.1. The maximum Gasteiger partial charge on any atom is 0.194 e. The smallest absolute Gasteiger partial charge is 0.194 e. The van der Waals surface area contributed by atoms with E-state index in [2.05, 4.69) is 0 Å². The van der Waals surface area contributed by atoms with Crippen molar-refractivity contribution < 1.29 is 9.18 Å². The highest BCUT2D eigenvalue weighted by Gasteiger charge is 2.13. The largest absolute Gasteiger partial charge is 0.289 e. The lowest BCUT2D eigenvalue weighted by atomic mass is 10.0. The summed E-state index contributed by atoms with van der Waals surface area (Å²) < 4.78 is 13.2. The van der Waals surface area contributed by atoms with Crippen LogP contribution in [0.1, 0.15) is 15.9 Å². The van der Waals surface area contributed by atoms with Gasteiger partial charge in [0.15, 0.2) is 5.78 Å². The first-order chi connectivity index (χ1) is 8.09. The molecule has 0 heterocycles. The Morgan fingerprint density at radius 3 is 2.35 bits per heavy atom. The van der Waals surface area contributed by atoms with Gasteiger partial charge in [0.25, 0.3) is 0 Å². The molecule has 0 aliphatic carbocycles. The van der Waals surface area contributed by atoms with E-state index < -0.39 is 5.82 Å². The molecule has 1 nitrogen and oxygen atoms in total. The highest BCUT2D eigenvalue weighted by molar-refractivity contribution is 6.35. The molecule has 0 N–H and O–H groups in total. The van der Waals surface area contributed by atoms with Gasteiger partial charge in [-0.25, -0.2) is 4.39 Å². The predicted octanol–water partition coefficient (Wildman–Crippen LogP) is 4.36. The summed E-state index contributed by atoms with van der Waals surface area (Å²) >= 11 is 11.4. The first-order valence-electron chi connectivity index (χ1n) is 4.84. The third-order valence-corrected chi connectivity index (χ3v) is 2.94. The quantitative estimate of drug-likeness (QED) is 0.740. The van der Waals surface area contributed by atoms with Gasteiger partial charge in [-0.2, -0.15) is 0 Å². The SMILES string of the molecule is O=C(c1ccc(Cl)c(F)c1)c1ccccc1Cl. The second-order valence-electron chi connectivity index (χ2n) is 3.44. The molecule has 4 heteroatoms. The van der Waals surface area contributed by atoms with E-state index in [1.54, 1.807) is 24.3 Å². The number of hydrogen-bond acceptors (Lipinski definition) is 1. The van der Waals surface area contributed by atoms with Gasteiger partial charge in [-0.1, -0.05) is 35.3 Å². The van der Waals surface area contributed by atoms with Crippen LogP contribution in [-0.2, 0) is 0 Å². The Morgan fingerprint density at radius 1 is 1.00 bits per heavy atom. The summed E-state index contributed by atoms with van der Waals surface area (Å²) in [5, 5.41) is 0.327. The average molecular weight is 269 g/mol. The molecule has 17 heavy (non-hydrogen) atoms. The molecule has 0 aromatic heterocycles. The van der Waals surface area contributed by atoms with Crippen molar-refractivity contribution in [3.05, 3.63) is 69.5 Å². The van der Waals surface area contributed by atoms with Crippen LogP contribution >= 0.6 is 23.2 Å². The van der Waals surface area contributed by atoms with Crippen molar-refractivity contribution in [2.45, 2.75) is 0 Å². The molecule has 2 aromatic carbocycles. The van der Waals surface area contributed by atoms with E-state index in [4.69, 9.17) is 23.2 Å². The monoisotopic (exact) mass is 268 g/mol. The zero-order chi connectivity index (χ0) is 12.4. The van der Waals surface area contributed by atoms with Gasteiger partial charge < -0.3 is 0 Å². The molecule has 0 amide bonds. The lowest BCUT2D eigenvalue weighted by Crippen LogP contribution is -2.02. The van der Waals surface area contributed by atoms with Crippen LogP contribution < -0.4 is 0 Å². The highest BCUT2D eigenvalue weighted by atomic mass is 35.5. The summed E-state index contributed by atoms with van der Waals surface area (Å²) in [7, 11) is 0. The van der Waals surface area contributed by atoms with Crippen molar-refractivity contribution in [3.63, 3.8) is 0 Å². The highest BCUT2D eigenvalue weighted by Crippen LogP contribution is 2.21. The zero-order valence-electron chi connectivity index (χ0n) is 8.58. The first-order valence-corrected chi connectivity index (χ1v) is 5.59. The summed E-state index contributed by atoms with van der Waals surface area (Å²) in [4.78, 5) is 12.0. The molecule has 0 atom stereocenters. The lowest BCUT2D eigenvalue weighted by Gasteiger charge is -2.04. The minimum Gasteiger partial charge on any atom is -0.289 e. The topological polar surface area (TPSA) is 17.1 Å². The molecular weight excluding hydrogens is 262 g/mol. The Labute approximate surface area is 108 Å². The van der Waals surface area contributed by atoms with Crippen molar-refractivity contribution in [1.29, 1.82) is 0 Å². The van der Waals surface area contributed by atoms with E-state index in [0.29, 0.717) is 10.6 Å². The van der Waals surface area contributed by atoms with Crippen molar-refractivity contribution in [1.82, 2.24) is 0 Å². The van der Waals surface area contributed by atoms with Crippen molar-refractivity contribution in [2.24, 2.45) is 0 Å². The Bertz CT molecular complexity index is 581. The van der Waals surface area contributed by atoms with Gasteiger partial charge in [-0.15, -0.1) is 0 Å². The van der Waals surface area contributed by atoms with E-state index >= 15 is 0 Å². The second-order valence-corrected chi connectivity index (χ2v) is 4.25. The van der Waals surface area contributed by atoms with E-state index in [1.165, 1.54) is 12.1 Å². The minimum atomic E-state index is -0.621. The predicted molar refractivity (Wildman–Crippen MR) is 66.3 cm³/mol. The number of carbonyl (C=O) groups excluding carboxylic acids is 1. The van der Waals surface area contributed by atoms with Gasteiger partial charge in [0.1, 0.15) is 5.82 Å². The third-order valence-electron chi connectivity index (χ3n) is 2.30. The van der Waals surface area contributed by atoms with Crippen LogP contribution in [0.3, 0.4) is 0 Å². The lowest BCUT2D eigenvalue weighted by molar-refractivity contribution is 0.103. The third kappa shape index (κ3) is 2.48. The van der Waals surface area contributed by atoms with E-state index in [-0.39, 0.29) is 16.4 Å². The van der Waals surface area contributed by atoms with Crippen LogP contribution in [0.4, 0.5) is 4.39 Å². The number of rotatable bonds is 2. The molecule has 86 valence electrons. The number of hydrogen-bond donors (Lipinski definition) is 0. The summed E-state index contributed by atoms with van der Waals surface area (Å²) in [6.45, 7) is 0. The first kappa shape index (κ1) is 12.1. The minimum absolute atomic E-state index is 0.0132. The van der Waals surface area contributed by atoms with Crippen LogP contribution in [0.25, 0.3) is 0 Å². The summed E-state index contributed by atoms with van der Waals surface area (Å²) in [6, 6.07) is 10.6. The molecule has 0 bridgehead atoms. The van der Waals surface area contributed by atoms with Crippen molar-refractivity contribution >= 4 is 29.0 Å². The average Bonchev–Trinajstić information content (AvgIpc) is 2.32. The molecule has 0 fully saturated rings. The molecule has 0 aliphatic heterocycles. The van der Waals surface area contributed by atoms with Gasteiger partial charge in [-0.3, -0.25) is 4.79 Å². The fraction of sp³-hybridized carbons (Fsp3) is 0. The van der Waals surface area contributed by atoms with Gasteiger partial charge in [0.2, 0.25) is 0 Å². The van der Waals surface area contributed by atoms with E-state index in [0.717, 1.165) is 6.07 Å². The Kier molecular flexibility index (Phi) is 3.46. The molecule has 0 saturated carbocycles. The summed E-state index contributed by atoms with van der Waals surface area (Å²) in [5.74, 6) is -0.948. The molecular formula is C13H7Cl2FO. The van der Waals surface area contributed by atoms with Gasteiger partial charge in [0, 0.05) is 11.1 Å². The molecule has 0 unspecified atom stereocenters. The molecule has 0 saturated heterocycles. The molecule has 0 spiro atoms. The summed E-state index contributed by atoms with van der Waals surface area (Å²) in [6.07, 6.45) is 0. The number of carbonyl (C=O) groups is 1. The Morgan fingerprint density at radius 2 is 1.71 bits per heavy atom. The molecule has 0 aliphatic rings. The normalized spacial score (nSPS) is 10.3. The molecule has 2 rings (SSSR count). The van der Waals surface area contributed by atoms with Crippen molar-refractivity contribution in [2.75, 3.05) is 0 Å². The van der Waals surface area contributed by atoms with Gasteiger partial charge >= 0.3 is 0 Å². The number of halogens is 3. The fourth-order valence-electron chi connectivity index (χ4n) is 1.44. The Hall–Kier alpha value is -1.38. The van der Waals surface area contributed by atoms with Crippen LogP contribution in [0, 0.1) is 5.82 Å². The second kappa shape index (κ2) is 4.86. The maximum atomic E-state index is 13.2. The summed E-state index contributed by atoms with van der Waals surface area (Å²) in [5.41, 5.74) is 0.566. The van der Waals surface area contributed by atoms with E-state index in [1.807, 2.05) is 0 Å². The van der Waals surface area contributed by atoms with Crippen LogP contribution in [0.15, 0.2) is 42.5 Å². The number of benzene rings is 2. The molecule has 2 aromatic rings. The van der Waals surface area contributed by atoms with E-state index in [9.17, 15) is 9.18 Å². The van der Waals surface area contributed by atoms with Crippen molar-refractivity contribution in [3.8, 4) is 0 Å². The van der Waals surface area contributed by atoms with Crippen LogP contribution in [-0.4, -0.2) is 5.78 Å². The number of ketones is 1. The molecule has 0 radical (unpaired) electrons. The van der Waals surface area contributed by atoms with Gasteiger partial charge in [-0.05, 0) is 30.3 Å². The fourth-order valence-corrected chi connectivity index (χ4v) is 1.78. The van der Waals surface area contributed by atoms with Gasteiger partial charge in [0.05, 0.1) is 10.0 Å². The van der Waals surface area contributed by atoms with Crippen LogP contribution in [0.2, 0.25) is 10.0 Å². The Balaban J connectivity index is 2.44. The standard InChI is InChI=1S/C13H7Cl2FO/c14-10-4-2-1-3-9(10)13(17)8-5-6-11(15)12(16)7-8/h1-7H.